The van der Waals surface area contributed by atoms with Gasteiger partial charge in [0, 0.05) is 49.6 Å². The van der Waals surface area contributed by atoms with Crippen LogP contribution in [0.4, 0.5) is 0 Å². The number of hydrogen-bond donors (Lipinski definition) is 0. The molecule has 0 aliphatic heterocycles. The first-order valence-electron chi connectivity index (χ1n) is 7.88. The van der Waals surface area contributed by atoms with Gasteiger partial charge in [0.05, 0.1) is 0 Å². The van der Waals surface area contributed by atoms with Gasteiger partial charge in [-0.25, -0.2) is 18.7 Å². The van der Waals surface area contributed by atoms with E-state index in [1.807, 2.05) is 67.8 Å². The molecule has 4 heterocycles. The summed E-state index contributed by atoms with van der Waals surface area (Å²) in [4.78, 5) is 0. The molecule has 0 amide bonds. The summed E-state index contributed by atoms with van der Waals surface area (Å²) in [6.45, 7) is 0. The summed E-state index contributed by atoms with van der Waals surface area (Å²) in [5.74, 6) is 0. The van der Waals surface area contributed by atoms with Crippen molar-refractivity contribution in [2.45, 2.75) is 25.2 Å². The largest absolute Gasteiger partial charge is 0.248 e. The highest BCUT2D eigenvalue weighted by Crippen LogP contribution is 2.22. The molecule has 0 aliphatic carbocycles. The average molecular weight is 322 g/mol. The molecule has 24 heavy (non-hydrogen) atoms. The highest BCUT2D eigenvalue weighted by Gasteiger charge is 2.19. The van der Waals surface area contributed by atoms with E-state index in [1.54, 1.807) is 24.8 Å². The molecule has 0 radical (unpaired) electrons. The summed E-state index contributed by atoms with van der Waals surface area (Å²) in [5.41, 5.74) is 0. The third-order valence-electron chi connectivity index (χ3n) is 4.00. The fourth-order valence-electron chi connectivity index (χ4n) is 2.90. The minimum absolute atomic E-state index is 0.0172. The molecular weight excluding hydrogens is 304 g/mol. The van der Waals surface area contributed by atoms with Gasteiger partial charge in [-0.3, -0.25) is 0 Å². The van der Waals surface area contributed by atoms with Crippen molar-refractivity contribution in [1.82, 2.24) is 39.1 Å². The summed E-state index contributed by atoms with van der Waals surface area (Å²) in [6, 6.07) is 7.70. The fraction of sp³-hybridized carbons (Fsp3) is 0.250. The molecule has 0 fully saturated rings. The zero-order valence-corrected chi connectivity index (χ0v) is 13.1. The van der Waals surface area contributed by atoms with Crippen LogP contribution < -0.4 is 0 Å². The second kappa shape index (κ2) is 6.53. The van der Waals surface area contributed by atoms with Crippen LogP contribution in [0.15, 0.2) is 73.8 Å². The van der Waals surface area contributed by atoms with Crippen LogP contribution in [0.1, 0.15) is 25.2 Å². The average Bonchev–Trinajstić information content (AvgIpc) is 3.42. The molecule has 0 N–H and O–H groups in total. The van der Waals surface area contributed by atoms with Crippen LogP contribution in [-0.2, 0) is 0 Å². The predicted molar refractivity (Wildman–Crippen MR) is 87.0 cm³/mol. The van der Waals surface area contributed by atoms with Crippen LogP contribution in [0.25, 0.3) is 0 Å². The molecule has 4 rings (SSSR count). The van der Waals surface area contributed by atoms with E-state index in [-0.39, 0.29) is 12.3 Å². The molecule has 4 aromatic heterocycles. The molecule has 122 valence electrons. The van der Waals surface area contributed by atoms with Gasteiger partial charge >= 0.3 is 0 Å². The Hall–Kier alpha value is -3.16. The van der Waals surface area contributed by atoms with Gasteiger partial charge in [0.25, 0.3) is 0 Å². The van der Waals surface area contributed by atoms with Gasteiger partial charge in [-0.05, 0) is 37.1 Å². The summed E-state index contributed by atoms with van der Waals surface area (Å²) >= 11 is 0. The lowest BCUT2D eigenvalue weighted by atomic mass is 10.2. The van der Waals surface area contributed by atoms with E-state index in [0.29, 0.717) is 0 Å². The topological polar surface area (TPSA) is 71.3 Å². The first kappa shape index (κ1) is 14.4. The molecular formula is C16H18N8. The Balaban J connectivity index is 1.58. The molecule has 4 aromatic rings. The molecule has 0 saturated heterocycles. The summed E-state index contributed by atoms with van der Waals surface area (Å²) in [7, 11) is 0. The van der Waals surface area contributed by atoms with Crippen molar-refractivity contribution in [2.24, 2.45) is 0 Å². The smallest absolute Gasteiger partial charge is 0.143 e. The Morgan fingerprint density at radius 3 is 1.00 bits per heavy atom. The van der Waals surface area contributed by atoms with Crippen molar-refractivity contribution in [1.29, 1.82) is 0 Å². The first-order chi connectivity index (χ1) is 11.9. The van der Waals surface area contributed by atoms with Gasteiger partial charge in [0.1, 0.15) is 12.3 Å². The Morgan fingerprint density at radius 2 is 0.792 bits per heavy atom. The maximum absolute atomic E-state index is 4.39. The second-order valence-electron chi connectivity index (χ2n) is 5.48. The van der Waals surface area contributed by atoms with Crippen molar-refractivity contribution in [3.8, 4) is 0 Å². The van der Waals surface area contributed by atoms with Crippen molar-refractivity contribution < 1.29 is 0 Å². The summed E-state index contributed by atoms with van der Waals surface area (Å²) in [6.07, 6.45) is 16.7. The molecule has 0 aromatic carbocycles. The maximum Gasteiger partial charge on any atom is 0.143 e. The molecule has 8 nitrogen and oxygen atoms in total. The van der Waals surface area contributed by atoms with E-state index < -0.39 is 0 Å². The van der Waals surface area contributed by atoms with Gasteiger partial charge in [0.15, 0.2) is 0 Å². The normalized spacial score (nSPS) is 11.6. The molecule has 0 atom stereocenters. The van der Waals surface area contributed by atoms with Crippen LogP contribution >= 0.6 is 0 Å². The number of rotatable bonds is 7. The van der Waals surface area contributed by atoms with Crippen LogP contribution in [0, 0.1) is 0 Å². The van der Waals surface area contributed by atoms with Crippen LogP contribution in [0.5, 0.6) is 0 Å². The lowest BCUT2D eigenvalue weighted by molar-refractivity contribution is 0.268. The molecule has 0 unspecified atom stereocenters. The van der Waals surface area contributed by atoms with Gasteiger partial charge < -0.3 is 0 Å². The highest BCUT2D eigenvalue weighted by molar-refractivity contribution is 4.89. The molecule has 0 saturated carbocycles. The molecule has 0 aliphatic rings. The second-order valence-corrected chi connectivity index (χ2v) is 5.48. The monoisotopic (exact) mass is 322 g/mol. The van der Waals surface area contributed by atoms with E-state index >= 15 is 0 Å². The van der Waals surface area contributed by atoms with Gasteiger partial charge in [-0.15, -0.1) is 0 Å². The van der Waals surface area contributed by atoms with Crippen LogP contribution in [0.2, 0.25) is 0 Å². The number of hydrogen-bond acceptors (Lipinski definition) is 4. The Kier molecular flexibility index (Phi) is 3.93. The Bertz CT molecular complexity index is 674. The predicted octanol–water partition coefficient (Wildman–Crippen LogP) is 2.05. The Labute approximate surface area is 138 Å². The van der Waals surface area contributed by atoms with Crippen molar-refractivity contribution in [3.63, 3.8) is 0 Å². The van der Waals surface area contributed by atoms with E-state index in [0.717, 1.165) is 12.8 Å². The highest BCUT2D eigenvalue weighted by atomic mass is 15.5. The zero-order valence-electron chi connectivity index (χ0n) is 13.1. The fourth-order valence-corrected chi connectivity index (χ4v) is 2.90. The standard InChI is InChI=1S/C16H18N8/c1-7-17-21(11-1)15(22-12-2-8-18-22)5-6-16(23-13-3-9-19-23)24-14-4-10-20-24/h1-4,7-16H,5-6H2. The zero-order chi connectivity index (χ0) is 16.2. The maximum atomic E-state index is 4.39. The lowest BCUT2D eigenvalue weighted by Gasteiger charge is -2.23. The van der Waals surface area contributed by atoms with Gasteiger partial charge in [0.2, 0.25) is 0 Å². The van der Waals surface area contributed by atoms with Gasteiger partial charge in [-0.1, -0.05) is 0 Å². The van der Waals surface area contributed by atoms with Gasteiger partial charge in [-0.2, -0.15) is 20.4 Å². The van der Waals surface area contributed by atoms with E-state index in [1.165, 1.54) is 0 Å². The SMILES string of the molecule is c1cnn(C(CCC(n2cccn2)n2cccn2)n2cccn2)c1. The lowest BCUT2D eigenvalue weighted by Crippen LogP contribution is -2.24. The number of aromatic nitrogens is 8. The molecule has 8 heteroatoms. The van der Waals surface area contributed by atoms with Crippen LogP contribution in [0.3, 0.4) is 0 Å². The third kappa shape index (κ3) is 2.85. The summed E-state index contributed by atoms with van der Waals surface area (Å²) in [5, 5.41) is 17.5. The minimum atomic E-state index is 0.0172. The first-order valence-corrected chi connectivity index (χ1v) is 7.88. The van der Waals surface area contributed by atoms with E-state index in [2.05, 4.69) is 20.4 Å². The van der Waals surface area contributed by atoms with Crippen molar-refractivity contribution in [3.05, 3.63) is 73.8 Å². The van der Waals surface area contributed by atoms with E-state index in [9.17, 15) is 0 Å². The molecule has 0 bridgehead atoms. The molecule has 0 spiro atoms. The number of nitrogens with zero attached hydrogens (tertiary/aromatic N) is 8. The van der Waals surface area contributed by atoms with Crippen molar-refractivity contribution >= 4 is 0 Å². The Morgan fingerprint density at radius 1 is 0.500 bits per heavy atom. The minimum Gasteiger partial charge on any atom is -0.248 e. The van der Waals surface area contributed by atoms with Crippen molar-refractivity contribution in [2.75, 3.05) is 0 Å². The summed E-state index contributed by atoms with van der Waals surface area (Å²) < 4.78 is 7.71. The quantitative estimate of drug-likeness (QED) is 0.522. The third-order valence-corrected chi connectivity index (χ3v) is 4.00. The van der Waals surface area contributed by atoms with Crippen LogP contribution in [-0.4, -0.2) is 39.1 Å². The van der Waals surface area contributed by atoms with E-state index in [4.69, 9.17) is 0 Å².